The highest BCUT2D eigenvalue weighted by Gasteiger charge is 2.35. The van der Waals surface area contributed by atoms with Gasteiger partial charge in [-0.2, -0.15) is 0 Å². The quantitative estimate of drug-likeness (QED) is 0.781. The molecule has 20 heavy (non-hydrogen) atoms. The van der Waals surface area contributed by atoms with E-state index in [4.69, 9.17) is 9.57 Å². The fraction of sp³-hybridized carbons (Fsp3) is 0.500. The molecule has 3 aliphatic rings. The van der Waals surface area contributed by atoms with Crippen LogP contribution in [-0.2, 0) is 9.57 Å². The Morgan fingerprint density at radius 3 is 2.80 bits per heavy atom. The molecule has 6 nitrogen and oxygen atoms in total. The Morgan fingerprint density at radius 2 is 2.15 bits per heavy atom. The second-order valence-electron chi connectivity index (χ2n) is 4.98. The van der Waals surface area contributed by atoms with Crippen LogP contribution in [0.5, 0.6) is 0 Å². The van der Waals surface area contributed by atoms with Gasteiger partial charge in [-0.3, -0.25) is 4.84 Å². The van der Waals surface area contributed by atoms with Crippen LogP contribution in [0.25, 0.3) is 0 Å². The minimum Gasteiger partial charge on any atom is -0.494 e. The summed E-state index contributed by atoms with van der Waals surface area (Å²) >= 11 is 0. The third kappa shape index (κ3) is 1.79. The van der Waals surface area contributed by atoms with E-state index in [-0.39, 0.29) is 0 Å². The Bertz CT molecular complexity index is 547. The van der Waals surface area contributed by atoms with E-state index in [1.807, 2.05) is 12.4 Å². The number of methoxy groups -OCH3 is 1. The molecule has 0 radical (unpaired) electrons. The molecule has 0 bridgehead atoms. The summed E-state index contributed by atoms with van der Waals surface area (Å²) in [7, 11) is 3.38. The Morgan fingerprint density at radius 1 is 1.35 bits per heavy atom. The van der Waals surface area contributed by atoms with Crippen molar-refractivity contribution in [3.05, 3.63) is 34.7 Å². The number of hydrogen-bond acceptors (Lipinski definition) is 6. The van der Waals surface area contributed by atoms with Crippen LogP contribution in [0.2, 0.25) is 0 Å². The Balaban J connectivity index is 2.06. The fourth-order valence-corrected chi connectivity index (χ4v) is 2.85. The average molecular weight is 276 g/mol. The largest absolute Gasteiger partial charge is 0.494 e. The average Bonchev–Trinajstić information content (AvgIpc) is 2.89. The first-order chi connectivity index (χ1) is 9.69. The molecule has 0 saturated carbocycles. The van der Waals surface area contributed by atoms with E-state index < -0.39 is 0 Å². The summed E-state index contributed by atoms with van der Waals surface area (Å²) in [5.41, 5.74) is 3.16. The predicted octanol–water partition coefficient (Wildman–Crippen LogP) is 1.47. The van der Waals surface area contributed by atoms with Gasteiger partial charge in [0.15, 0.2) is 0 Å². The van der Waals surface area contributed by atoms with Gasteiger partial charge in [-0.05, 0) is 19.4 Å². The topological polar surface area (TPSA) is 40.5 Å². The Labute approximate surface area is 119 Å². The van der Waals surface area contributed by atoms with Crippen LogP contribution in [0.1, 0.15) is 13.8 Å². The molecule has 0 aromatic carbocycles. The van der Waals surface area contributed by atoms with Crippen molar-refractivity contribution in [3.63, 3.8) is 0 Å². The molecule has 0 spiro atoms. The van der Waals surface area contributed by atoms with Crippen LogP contribution in [0.4, 0.5) is 0 Å². The van der Waals surface area contributed by atoms with Crippen LogP contribution in [0.3, 0.4) is 0 Å². The molecular formula is C14H20N4O2. The smallest absolute Gasteiger partial charge is 0.148 e. The van der Waals surface area contributed by atoms with E-state index in [0.29, 0.717) is 6.67 Å². The maximum Gasteiger partial charge on any atom is 0.148 e. The molecule has 108 valence electrons. The normalized spacial score (nSPS) is 21.4. The first-order valence-electron chi connectivity index (χ1n) is 6.77. The summed E-state index contributed by atoms with van der Waals surface area (Å²) in [6.45, 7) is 6.71. The van der Waals surface area contributed by atoms with Crippen molar-refractivity contribution in [2.75, 3.05) is 34.0 Å². The van der Waals surface area contributed by atoms with E-state index >= 15 is 0 Å². The van der Waals surface area contributed by atoms with Crippen molar-refractivity contribution < 1.29 is 9.57 Å². The van der Waals surface area contributed by atoms with Gasteiger partial charge in [0.25, 0.3) is 0 Å². The minimum absolute atomic E-state index is 0.670. The van der Waals surface area contributed by atoms with Crippen molar-refractivity contribution in [3.8, 4) is 0 Å². The van der Waals surface area contributed by atoms with E-state index in [2.05, 4.69) is 28.6 Å². The zero-order valence-electron chi connectivity index (χ0n) is 12.4. The molecule has 3 aliphatic heterocycles. The maximum atomic E-state index is 5.56. The molecule has 3 rings (SSSR count). The first kappa shape index (κ1) is 13.1. The van der Waals surface area contributed by atoms with Crippen LogP contribution in [-0.4, -0.2) is 55.1 Å². The van der Waals surface area contributed by atoms with Gasteiger partial charge in [0.2, 0.25) is 0 Å². The van der Waals surface area contributed by atoms with Gasteiger partial charge in [-0.1, -0.05) is 0 Å². The molecule has 0 aliphatic carbocycles. The number of hydrogen-bond donors (Lipinski definition) is 0. The van der Waals surface area contributed by atoms with E-state index in [0.717, 1.165) is 36.1 Å². The van der Waals surface area contributed by atoms with Crippen molar-refractivity contribution in [2.45, 2.75) is 13.8 Å². The number of likely N-dealkylation sites (N-methyl/N-ethyl adjacent to an activating group) is 1. The summed E-state index contributed by atoms with van der Waals surface area (Å²) in [5.74, 6) is 1.99. The molecule has 6 heteroatoms. The van der Waals surface area contributed by atoms with E-state index in [9.17, 15) is 0 Å². The van der Waals surface area contributed by atoms with Crippen molar-refractivity contribution in [1.29, 1.82) is 0 Å². The highest BCUT2D eigenvalue weighted by atomic mass is 16.7. The molecule has 0 atom stereocenters. The lowest BCUT2D eigenvalue weighted by atomic mass is 10.1. The second kappa shape index (κ2) is 4.86. The monoisotopic (exact) mass is 276 g/mol. The van der Waals surface area contributed by atoms with Crippen LogP contribution in [0.15, 0.2) is 39.7 Å². The standard InChI is InChI=1S/C14H20N4O2/c1-5-16-7-10(2)13(19-3)12-14(16)18-9-17(20-4)8-11(18)6-15-12/h6,8H,5,7,9H2,1-4H3. The van der Waals surface area contributed by atoms with Crippen molar-refractivity contribution in [1.82, 2.24) is 14.9 Å². The Hall–Kier alpha value is -1.95. The highest BCUT2D eigenvalue weighted by Crippen LogP contribution is 2.36. The van der Waals surface area contributed by atoms with Gasteiger partial charge in [0.05, 0.1) is 32.3 Å². The Kier molecular flexibility index (Phi) is 3.17. The maximum absolute atomic E-state index is 5.56. The van der Waals surface area contributed by atoms with Gasteiger partial charge in [0, 0.05) is 13.1 Å². The lowest BCUT2D eigenvalue weighted by Gasteiger charge is -2.39. The molecule has 0 N–H and O–H groups in total. The molecular weight excluding hydrogens is 256 g/mol. The lowest BCUT2D eigenvalue weighted by molar-refractivity contribution is -0.0971. The highest BCUT2D eigenvalue weighted by molar-refractivity contribution is 5.82. The van der Waals surface area contributed by atoms with Gasteiger partial charge >= 0.3 is 0 Å². The number of nitrogens with zero attached hydrogens (tertiary/aromatic N) is 4. The summed E-state index contributed by atoms with van der Waals surface area (Å²) in [5, 5.41) is 1.79. The van der Waals surface area contributed by atoms with E-state index in [1.165, 1.54) is 5.57 Å². The molecule has 0 fully saturated rings. The molecule has 0 saturated heterocycles. The molecule has 0 aromatic rings. The second-order valence-corrected chi connectivity index (χ2v) is 4.98. The third-order valence-electron chi connectivity index (χ3n) is 3.81. The SMILES string of the molecule is CCN1CC(C)=C(OC)C2=C1N1CN(OC)C=C1C=N2. The van der Waals surface area contributed by atoms with Crippen LogP contribution < -0.4 is 0 Å². The van der Waals surface area contributed by atoms with Gasteiger partial charge in [-0.15, -0.1) is 0 Å². The van der Waals surface area contributed by atoms with Gasteiger partial charge < -0.3 is 14.5 Å². The lowest BCUT2D eigenvalue weighted by Crippen LogP contribution is -2.42. The van der Waals surface area contributed by atoms with Crippen molar-refractivity contribution >= 4 is 6.21 Å². The number of allylic oxidation sites excluding steroid dienone is 1. The number of hydroxylamine groups is 2. The molecule has 0 amide bonds. The zero-order valence-corrected chi connectivity index (χ0v) is 12.4. The van der Waals surface area contributed by atoms with E-state index in [1.54, 1.807) is 19.3 Å². The summed E-state index contributed by atoms with van der Waals surface area (Å²) in [6, 6.07) is 0. The van der Waals surface area contributed by atoms with Gasteiger partial charge in [0.1, 0.15) is 23.9 Å². The number of ether oxygens (including phenoxy) is 1. The summed E-state index contributed by atoms with van der Waals surface area (Å²) < 4.78 is 5.56. The predicted molar refractivity (Wildman–Crippen MR) is 76.1 cm³/mol. The third-order valence-corrected chi connectivity index (χ3v) is 3.81. The molecule has 3 heterocycles. The minimum atomic E-state index is 0.670. The van der Waals surface area contributed by atoms with Crippen LogP contribution in [0, 0.1) is 0 Å². The fourth-order valence-electron chi connectivity index (χ4n) is 2.85. The number of aliphatic imine (C=N–C) groups is 1. The van der Waals surface area contributed by atoms with Crippen LogP contribution >= 0.6 is 0 Å². The van der Waals surface area contributed by atoms with Gasteiger partial charge in [-0.25, -0.2) is 10.1 Å². The molecule has 0 aromatic heterocycles. The zero-order chi connectivity index (χ0) is 14.3. The summed E-state index contributed by atoms with van der Waals surface area (Å²) in [4.78, 5) is 14.4. The molecule has 0 unspecified atom stereocenters. The number of fused-ring (bicyclic) bond motifs is 2. The number of rotatable bonds is 3. The van der Waals surface area contributed by atoms with Crippen molar-refractivity contribution in [2.24, 2.45) is 4.99 Å². The summed E-state index contributed by atoms with van der Waals surface area (Å²) in [6.07, 6.45) is 3.82. The first-order valence-corrected chi connectivity index (χ1v) is 6.77.